The molecule has 9 nitrogen and oxygen atoms in total. The van der Waals surface area contributed by atoms with E-state index < -0.39 is 41.7 Å². The molecule has 1 unspecified atom stereocenters. The van der Waals surface area contributed by atoms with E-state index in [4.69, 9.17) is 16.3 Å². The van der Waals surface area contributed by atoms with Gasteiger partial charge in [-0.15, -0.1) is 10.1 Å². The van der Waals surface area contributed by atoms with Crippen molar-refractivity contribution in [2.75, 3.05) is 13.4 Å². The zero-order chi connectivity index (χ0) is 22.5. The molecule has 0 bridgehead atoms. The van der Waals surface area contributed by atoms with Crippen molar-refractivity contribution in [1.29, 1.82) is 0 Å². The minimum absolute atomic E-state index is 0.0419. The molecule has 0 aromatic heterocycles. The number of carbonyl (C=O) groups is 2. The maximum Gasteiger partial charge on any atom is 0.430 e. The molecule has 0 fully saturated rings. The Balaban J connectivity index is 2.02. The number of ether oxygens (including phenoxy) is 3. The first kappa shape index (κ1) is 23.3. The summed E-state index contributed by atoms with van der Waals surface area (Å²) in [4.78, 5) is 37.6. The zero-order valence-corrected chi connectivity index (χ0v) is 16.1. The molecule has 0 aliphatic carbocycles. The Bertz CT molecular complexity index is 871. The lowest BCUT2D eigenvalue weighted by molar-refractivity contribution is -0.757. The normalized spacial score (nSPS) is 15.4. The van der Waals surface area contributed by atoms with Crippen LogP contribution < -0.4 is 4.74 Å². The highest BCUT2D eigenvalue weighted by Gasteiger charge is 2.49. The number of carbonyl (C=O) groups excluding carboxylic acids is 2. The molecule has 0 radical (unpaired) electrons. The van der Waals surface area contributed by atoms with E-state index in [9.17, 15) is 32.9 Å². The predicted octanol–water partition coefficient (Wildman–Crippen LogP) is 3.39. The van der Waals surface area contributed by atoms with Crippen molar-refractivity contribution in [1.82, 2.24) is 0 Å². The maximum absolute atomic E-state index is 13.4. The van der Waals surface area contributed by atoms with Crippen LogP contribution in [-0.4, -0.2) is 42.7 Å². The van der Waals surface area contributed by atoms with Gasteiger partial charge < -0.3 is 19.0 Å². The number of hydrogen-bond donors (Lipinski definition) is 0. The quantitative estimate of drug-likeness (QED) is 0.193. The highest BCUT2D eigenvalue weighted by atomic mass is 35.5. The fourth-order valence-electron chi connectivity index (χ4n) is 2.52. The summed E-state index contributed by atoms with van der Waals surface area (Å²) < 4.78 is 54.3. The van der Waals surface area contributed by atoms with Gasteiger partial charge in [0.15, 0.2) is 0 Å². The number of nitrogens with zero attached hydrogens (tertiary/aromatic N) is 1. The van der Waals surface area contributed by atoms with Crippen LogP contribution in [0.4, 0.5) is 13.2 Å². The number of benzene rings is 1. The van der Waals surface area contributed by atoms with Gasteiger partial charge in [0.2, 0.25) is 12.9 Å². The first-order valence-electron chi connectivity index (χ1n) is 8.34. The second kappa shape index (κ2) is 9.65. The van der Waals surface area contributed by atoms with Gasteiger partial charge in [0.25, 0.3) is 5.09 Å². The van der Waals surface area contributed by atoms with Crippen molar-refractivity contribution in [2.24, 2.45) is 0 Å². The van der Waals surface area contributed by atoms with Gasteiger partial charge in [-0.3, -0.25) is 4.79 Å². The van der Waals surface area contributed by atoms with E-state index in [1.807, 2.05) is 0 Å². The Morgan fingerprint density at radius 1 is 1.30 bits per heavy atom. The summed E-state index contributed by atoms with van der Waals surface area (Å²) in [6, 6.07) is 2.75. The highest BCUT2D eigenvalue weighted by Crippen LogP contribution is 2.40. The number of hydrogen-bond acceptors (Lipinski definition) is 8. The SMILES string of the molecule is Cc1cc(Cl)cc2c1OC(C(F)(F)F)C(C(=O)OCOC(=O)CCCO[N+](=O)[O-])=C2. The molecular weight excluding hydrogens is 439 g/mol. The Hall–Kier alpha value is -3.02. The van der Waals surface area contributed by atoms with Gasteiger partial charge in [0.1, 0.15) is 5.75 Å². The first-order chi connectivity index (χ1) is 14.0. The van der Waals surface area contributed by atoms with E-state index in [1.54, 1.807) is 0 Å². The number of esters is 2. The van der Waals surface area contributed by atoms with E-state index in [-0.39, 0.29) is 35.8 Å². The minimum atomic E-state index is -4.91. The molecule has 0 N–H and O–H groups in total. The number of aryl methyl sites for hydroxylation is 1. The van der Waals surface area contributed by atoms with Gasteiger partial charge in [-0.2, -0.15) is 13.2 Å². The van der Waals surface area contributed by atoms with E-state index in [0.29, 0.717) is 5.56 Å². The molecule has 0 amide bonds. The van der Waals surface area contributed by atoms with Crippen LogP contribution in [0.15, 0.2) is 17.7 Å². The lowest BCUT2D eigenvalue weighted by atomic mass is 9.99. The highest BCUT2D eigenvalue weighted by molar-refractivity contribution is 6.30. The average Bonchev–Trinajstić information content (AvgIpc) is 2.63. The van der Waals surface area contributed by atoms with Crippen LogP contribution in [0.2, 0.25) is 5.02 Å². The summed E-state index contributed by atoms with van der Waals surface area (Å²) in [5, 5.41) is 9.16. The van der Waals surface area contributed by atoms with Crippen molar-refractivity contribution in [2.45, 2.75) is 32.0 Å². The summed E-state index contributed by atoms with van der Waals surface area (Å²) in [5.41, 5.74) is -0.326. The lowest BCUT2D eigenvalue weighted by Crippen LogP contribution is -2.41. The van der Waals surface area contributed by atoms with Gasteiger partial charge in [-0.05, 0) is 37.1 Å². The fraction of sp³-hybridized carbons (Fsp3) is 0.412. The zero-order valence-electron chi connectivity index (χ0n) is 15.4. The Labute approximate surface area is 172 Å². The molecule has 0 saturated heterocycles. The molecule has 1 heterocycles. The maximum atomic E-state index is 13.4. The second-order valence-corrected chi connectivity index (χ2v) is 6.44. The lowest BCUT2D eigenvalue weighted by Gasteiger charge is -2.28. The third-order valence-electron chi connectivity index (χ3n) is 3.76. The Kier molecular flexibility index (Phi) is 7.48. The summed E-state index contributed by atoms with van der Waals surface area (Å²) in [5.74, 6) is -2.35. The molecule has 0 spiro atoms. The molecule has 2 rings (SSSR count). The van der Waals surface area contributed by atoms with Gasteiger partial charge in [0.05, 0.1) is 12.2 Å². The van der Waals surface area contributed by atoms with Crippen LogP contribution in [0.3, 0.4) is 0 Å². The average molecular weight is 454 g/mol. The first-order valence-corrected chi connectivity index (χ1v) is 8.72. The monoisotopic (exact) mass is 453 g/mol. The van der Waals surface area contributed by atoms with Crippen LogP contribution in [0.5, 0.6) is 5.75 Å². The topological polar surface area (TPSA) is 114 Å². The van der Waals surface area contributed by atoms with Crippen LogP contribution in [0, 0.1) is 17.0 Å². The van der Waals surface area contributed by atoms with Crippen molar-refractivity contribution < 1.29 is 46.9 Å². The molecule has 1 aliphatic rings. The largest absolute Gasteiger partial charge is 0.475 e. The van der Waals surface area contributed by atoms with E-state index in [1.165, 1.54) is 19.1 Å². The molecule has 164 valence electrons. The van der Waals surface area contributed by atoms with Crippen LogP contribution in [0.25, 0.3) is 6.08 Å². The third kappa shape index (κ3) is 6.24. The number of fused-ring (bicyclic) bond motifs is 1. The van der Waals surface area contributed by atoms with Gasteiger partial charge in [0, 0.05) is 17.0 Å². The summed E-state index contributed by atoms with van der Waals surface area (Å²) >= 11 is 5.90. The summed E-state index contributed by atoms with van der Waals surface area (Å²) in [6.07, 6.45) is -6.86. The van der Waals surface area contributed by atoms with Gasteiger partial charge >= 0.3 is 18.1 Å². The van der Waals surface area contributed by atoms with Crippen molar-refractivity contribution in [3.05, 3.63) is 44.0 Å². The summed E-state index contributed by atoms with van der Waals surface area (Å²) in [6.45, 7) is 0.212. The molecule has 0 saturated carbocycles. The molecule has 1 aromatic carbocycles. The number of alkyl halides is 3. The van der Waals surface area contributed by atoms with Crippen LogP contribution in [0.1, 0.15) is 24.0 Å². The number of rotatable bonds is 8. The number of halogens is 4. The van der Waals surface area contributed by atoms with Gasteiger partial charge in [-0.1, -0.05) is 11.6 Å². The Morgan fingerprint density at radius 2 is 2.00 bits per heavy atom. The molecule has 13 heteroatoms. The fourth-order valence-corrected chi connectivity index (χ4v) is 2.80. The Morgan fingerprint density at radius 3 is 2.63 bits per heavy atom. The third-order valence-corrected chi connectivity index (χ3v) is 3.98. The standard InChI is InChI=1S/C17H15ClF3NO8/c1-9-5-11(18)6-10-7-12(15(17(19,20)21)30-14(9)10)16(24)28-8-27-13(23)3-2-4-29-22(25)26/h5-7,15H,2-4,8H2,1H3. The van der Waals surface area contributed by atoms with Crippen LogP contribution in [-0.2, 0) is 23.9 Å². The van der Waals surface area contributed by atoms with Crippen molar-refractivity contribution in [3.8, 4) is 5.75 Å². The van der Waals surface area contributed by atoms with Crippen molar-refractivity contribution >= 4 is 29.6 Å². The molecule has 1 aliphatic heterocycles. The second-order valence-electron chi connectivity index (χ2n) is 6.01. The summed E-state index contributed by atoms with van der Waals surface area (Å²) in [7, 11) is 0. The molecule has 1 aromatic rings. The van der Waals surface area contributed by atoms with Crippen LogP contribution >= 0.6 is 11.6 Å². The van der Waals surface area contributed by atoms with E-state index >= 15 is 0 Å². The van der Waals surface area contributed by atoms with Crippen molar-refractivity contribution in [3.63, 3.8) is 0 Å². The molecular formula is C17H15ClF3NO8. The van der Waals surface area contributed by atoms with Gasteiger partial charge in [-0.25, -0.2) is 4.79 Å². The minimum Gasteiger partial charge on any atom is -0.475 e. The molecule has 30 heavy (non-hydrogen) atoms. The van der Waals surface area contributed by atoms with E-state index in [0.717, 1.165) is 6.08 Å². The van der Waals surface area contributed by atoms with E-state index in [2.05, 4.69) is 14.3 Å². The smallest absolute Gasteiger partial charge is 0.430 e. The molecule has 1 atom stereocenters. The predicted molar refractivity (Wildman–Crippen MR) is 93.9 cm³/mol.